The molecule has 6 unspecified atom stereocenters. The molecule has 2 aliphatic rings. The summed E-state index contributed by atoms with van der Waals surface area (Å²) in [6.07, 6.45) is 1.64. The third kappa shape index (κ3) is 3.42. The third-order valence-electron chi connectivity index (χ3n) is 3.79. The van der Waals surface area contributed by atoms with Crippen molar-refractivity contribution in [1.82, 2.24) is 0 Å². The molecule has 2 N–H and O–H groups in total. The lowest BCUT2D eigenvalue weighted by Crippen LogP contribution is -2.48. The molecule has 2 aliphatic heterocycles. The van der Waals surface area contributed by atoms with E-state index < -0.39 is 11.9 Å². The highest BCUT2D eigenvalue weighted by Gasteiger charge is 2.38. The molecule has 0 aromatic carbocycles. The van der Waals surface area contributed by atoms with Gasteiger partial charge < -0.3 is 24.4 Å². The Balaban J connectivity index is 1.83. The van der Waals surface area contributed by atoms with Gasteiger partial charge in [0.25, 0.3) is 0 Å². The lowest BCUT2D eigenvalue weighted by Gasteiger charge is -2.41. The molecule has 18 heavy (non-hydrogen) atoms. The van der Waals surface area contributed by atoms with Crippen LogP contribution in [0, 0.1) is 0 Å². The zero-order valence-electron chi connectivity index (χ0n) is 11.3. The van der Waals surface area contributed by atoms with Gasteiger partial charge in [0.2, 0.25) is 0 Å². The second kappa shape index (κ2) is 5.43. The molecule has 0 aliphatic carbocycles. The zero-order valence-corrected chi connectivity index (χ0v) is 11.3. The predicted octanol–water partition coefficient (Wildman–Crippen LogP) is 1.16. The fraction of sp³-hybridized carbons (Fsp3) is 1.00. The number of ether oxygens (including phenoxy) is 3. The van der Waals surface area contributed by atoms with E-state index >= 15 is 0 Å². The first kappa shape index (κ1) is 14.2. The normalized spacial score (nSPS) is 50.2. The molecule has 2 heterocycles. The summed E-state index contributed by atoms with van der Waals surface area (Å²) in [5, 5.41) is 19.4. The highest BCUT2D eigenvalue weighted by Crippen LogP contribution is 2.30. The Bertz CT molecular complexity index is 281. The molecule has 5 nitrogen and oxygen atoms in total. The van der Waals surface area contributed by atoms with Crippen LogP contribution in [0.15, 0.2) is 0 Å². The SMILES string of the molecule is CC1OC(OC2CCC(C)(O)OC2C)CCC1O. The van der Waals surface area contributed by atoms with E-state index in [1.165, 1.54) is 0 Å². The van der Waals surface area contributed by atoms with Gasteiger partial charge in [-0.25, -0.2) is 0 Å². The first-order valence-electron chi connectivity index (χ1n) is 6.76. The van der Waals surface area contributed by atoms with Gasteiger partial charge in [-0.2, -0.15) is 0 Å². The topological polar surface area (TPSA) is 68.2 Å². The summed E-state index contributed by atoms with van der Waals surface area (Å²) in [5.41, 5.74) is 0. The molecule has 0 aromatic heterocycles. The van der Waals surface area contributed by atoms with Gasteiger partial charge in [-0.15, -0.1) is 0 Å². The minimum Gasteiger partial charge on any atom is -0.390 e. The Labute approximate surface area is 108 Å². The smallest absolute Gasteiger partial charge is 0.163 e. The Kier molecular flexibility index (Phi) is 4.29. The zero-order chi connectivity index (χ0) is 13.3. The molecular weight excluding hydrogens is 236 g/mol. The van der Waals surface area contributed by atoms with Gasteiger partial charge in [0.15, 0.2) is 12.1 Å². The Hall–Kier alpha value is -0.200. The third-order valence-corrected chi connectivity index (χ3v) is 3.79. The van der Waals surface area contributed by atoms with Gasteiger partial charge in [-0.1, -0.05) is 0 Å². The van der Waals surface area contributed by atoms with E-state index in [4.69, 9.17) is 14.2 Å². The largest absolute Gasteiger partial charge is 0.390 e. The van der Waals surface area contributed by atoms with Crippen molar-refractivity contribution in [1.29, 1.82) is 0 Å². The number of aliphatic hydroxyl groups is 2. The van der Waals surface area contributed by atoms with E-state index in [0.717, 1.165) is 6.42 Å². The molecule has 0 amide bonds. The molecule has 0 radical (unpaired) electrons. The summed E-state index contributed by atoms with van der Waals surface area (Å²) in [7, 11) is 0. The van der Waals surface area contributed by atoms with E-state index in [1.807, 2.05) is 13.8 Å². The number of aliphatic hydroxyl groups excluding tert-OH is 1. The molecule has 106 valence electrons. The van der Waals surface area contributed by atoms with Crippen molar-refractivity contribution < 1.29 is 24.4 Å². The molecule has 0 spiro atoms. The van der Waals surface area contributed by atoms with Crippen molar-refractivity contribution in [2.75, 3.05) is 0 Å². The van der Waals surface area contributed by atoms with Crippen molar-refractivity contribution in [3.05, 3.63) is 0 Å². The van der Waals surface area contributed by atoms with Crippen molar-refractivity contribution in [3.63, 3.8) is 0 Å². The summed E-state index contributed by atoms with van der Waals surface area (Å²) in [6, 6.07) is 0. The molecule has 2 fully saturated rings. The summed E-state index contributed by atoms with van der Waals surface area (Å²) in [6.45, 7) is 5.43. The van der Waals surface area contributed by atoms with Crippen molar-refractivity contribution in [2.24, 2.45) is 0 Å². The van der Waals surface area contributed by atoms with Crippen LogP contribution in [0.1, 0.15) is 46.5 Å². The van der Waals surface area contributed by atoms with Gasteiger partial charge in [0, 0.05) is 12.8 Å². The Morgan fingerprint density at radius 3 is 2.50 bits per heavy atom. The molecule has 5 heteroatoms. The Morgan fingerprint density at radius 2 is 1.89 bits per heavy atom. The minimum absolute atomic E-state index is 0.0577. The van der Waals surface area contributed by atoms with E-state index in [2.05, 4.69) is 0 Å². The molecule has 0 bridgehead atoms. The van der Waals surface area contributed by atoms with Crippen molar-refractivity contribution >= 4 is 0 Å². The molecule has 6 atom stereocenters. The van der Waals surface area contributed by atoms with Gasteiger partial charge in [-0.05, 0) is 33.6 Å². The van der Waals surface area contributed by atoms with E-state index in [1.54, 1.807) is 6.92 Å². The fourth-order valence-electron chi connectivity index (χ4n) is 2.59. The van der Waals surface area contributed by atoms with E-state index in [-0.39, 0.29) is 24.6 Å². The first-order valence-corrected chi connectivity index (χ1v) is 6.76. The molecular formula is C13H24O5. The standard InChI is InChI=1S/C13H24O5/c1-8-10(14)4-5-12(16-8)17-11-6-7-13(3,15)18-9(11)2/h8-12,14-15H,4-7H2,1-3H3. The summed E-state index contributed by atoms with van der Waals surface area (Å²) >= 11 is 0. The van der Waals surface area contributed by atoms with Gasteiger partial charge in [0.05, 0.1) is 24.4 Å². The van der Waals surface area contributed by atoms with Crippen LogP contribution in [-0.2, 0) is 14.2 Å². The Morgan fingerprint density at radius 1 is 1.17 bits per heavy atom. The van der Waals surface area contributed by atoms with Crippen molar-refractivity contribution in [2.45, 2.75) is 82.9 Å². The van der Waals surface area contributed by atoms with Crippen LogP contribution in [0.3, 0.4) is 0 Å². The van der Waals surface area contributed by atoms with Gasteiger partial charge in [0.1, 0.15) is 0 Å². The monoisotopic (exact) mass is 260 g/mol. The molecule has 2 saturated heterocycles. The predicted molar refractivity (Wildman–Crippen MR) is 64.9 cm³/mol. The summed E-state index contributed by atoms with van der Waals surface area (Å²) in [5.74, 6) is -1.05. The highest BCUT2D eigenvalue weighted by molar-refractivity contribution is 4.80. The lowest BCUT2D eigenvalue weighted by molar-refractivity contribution is -0.302. The van der Waals surface area contributed by atoms with E-state index in [0.29, 0.717) is 19.3 Å². The molecule has 2 rings (SSSR count). The number of rotatable bonds is 2. The second-order valence-corrected chi connectivity index (χ2v) is 5.63. The maximum Gasteiger partial charge on any atom is 0.163 e. The van der Waals surface area contributed by atoms with Gasteiger partial charge in [-0.3, -0.25) is 0 Å². The number of hydrogen-bond donors (Lipinski definition) is 2. The van der Waals surface area contributed by atoms with E-state index in [9.17, 15) is 10.2 Å². The maximum absolute atomic E-state index is 9.80. The maximum atomic E-state index is 9.80. The molecule has 0 saturated carbocycles. The van der Waals surface area contributed by atoms with Crippen molar-refractivity contribution in [3.8, 4) is 0 Å². The number of hydrogen-bond acceptors (Lipinski definition) is 5. The quantitative estimate of drug-likeness (QED) is 0.780. The highest BCUT2D eigenvalue weighted by atomic mass is 16.7. The van der Waals surface area contributed by atoms with Crippen LogP contribution in [0.5, 0.6) is 0 Å². The minimum atomic E-state index is -1.05. The van der Waals surface area contributed by atoms with Crippen LogP contribution in [0.2, 0.25) is 0 Å². The fourth-order valence-corrected chi connectivity index (χ4v) is 2.59. The van der Waals surface area contributed by atoms with Crippen LogP contribution in [-0.4, -0.2) is 46.7 Å². The first-order chi connectivity index (χ1) is 8.37. The summed E-state index contributed by atoms with van der Waals surface area (Å²) < 4.78 is 17.0. The average Bonchev–Trinajstić information content (AvgIpc) is 2.27. The van der Waals surface area contributed by atoms with Crippen LogP contribution in [0.25, 0.3) is 0 Å². The second-order valence-electron chi connectivity index (χ2n) is 5.63. The molecule has 0 aromatic rings. The van der Waals surface area contributed by atoms with Crippen LogP contribution < -0.4 is 0 Å². The van der Waals surface area contributed by atoms with Crippen LogP contribution >= 0.6 is 0 Å². The average molecular weight is 260 g/mol. The summed E-state index contributed by atoms with van der Waals surface area (Å²) in [4.78, 5) is 0. The van der Waals surface area contributed by atoms with Gasteiger partial charge >= 0.3 is 0 Å². The van der Waals surface area contributed by atoms with Crippen LogP contribution in [0.4, 0.5) is 0 Å². The lowest BCUT2D eigenvalue weighted by atomic mass is 10.00.